The summed E-state index contributed by atoms with van der Waals surface area (Å²) in [5.41, 5.74) is 6.01. The van der Waals surface area contributed by atoms with E-state index in [1.54, 1.807) is 18.4 Å². The maximum atomic E-state index is 6.01. The summed E-state index contributed by atoms with van der Waals surface area (Å²) in [6.07, 6.45) is 3.92. The van der Waals surface area contributed by atoms with Gasteiger partial charge in [-0.05, 0) is 26.7 Å². The van der Waals surface area contributed by atoms with E-state index in [1.807, 2.05) is 6.20 Å². The van der Waals surface area contributed by atoms with Crippen molar-refractivity contribution in [1.82, 2.24) is 10.3 Å². The van der Waals surface area contributed by atoms with E-state index in [1.165, 1.54) is 4.88 Å². The molecule has 3 N–H and O–H groups in total. The highest BCUT2D eigenvalue weighted by molar-refractivity contribution is 7.11. The van der Waals surface area contributed by atoms with Crippen LogP contribution in [0.2, 0.25) is 0 Å². The Morgan fingerprint density at radius 2 is 2.35 bits per heavy atom. The van der Waals surface area contributed by atoms with Crippen molar-refractivity contribution in [3.8, 4) is 0 Å². The predicted octanol–water partition coefficient (Wildman–Crippen LogP) is 1.86. The smallest absolute Gasteiger partial charge is 0.109 e. The second-order valence-corrected chi connectivity index (χ2v) is 5.60. The SMILES string of the molecule is COCCCC(N)CNC(C)c1ncc(C)s1. The van der Waals surface area contributed by atoms with E-state index in [0.29, 0.717) is 0 Å². The second kappa shape index (κ2) is 7.76. The van der Waals surface area contributed by atoms with Gasteiger partial charge in [0.1, 0.15) is 5.01 Å². The lowest BCUT2D eigenvalue weighted by molar-refractivity contribution is 0.190. The summed E-state index contributed by atoms with van der Waals surface area (Å²) in [7, 11) is 1.72. The zero-order valence-electron chi connectivity index (χ0n) is 10.9. The lowest BCUT2D eigenvalue weighted by atomic mass is 10.1. The number of thiazole rings is 1. The number of nitrogens with zero attached hydrogens (tertiary/aromatic N) is 1. The van der Waals surface area contributed by atoms with Crippen LogP contribution in [-0.2, 0) is 4.74 Å². The Kier molecular flexibility index (Phi) is 6.65. The Hall–Kier alpha value is -0.490. The number of nitrogens with two attached hydrogens (primary N) is 1. The molecule has 0 fully saturated rings. The maximum Gasteiger partial charge on any atom is 0.109 e. The van der Waals surface area contributed by atoms with Crippen molar-refractivity contribution in [2.75, 3.05) is 20.3 Å². The van der Waals surface area contributed by atoms with E-state index < -0.39 is 0 Å². The van der Waals surface area contributed by atoms with Gasteiger partial charge in [-0.25, -0.2) is 4.98 Å². The fraction of sp³-hybridized carbons (Fsp3) is 0.750. The van der Waals surface area contributed by atoms with Crippen molar-refractivity contribution in [3.05, 3.63) is 16.1 Å². The fourth-order valence-corrected chi connectivity index (χ4v) is 2.38. The van der Waals surface area contributed by atoms with Crippen LogP contribution >= 0.6 is 11.3 Å². The minimum Gasteiger partial charge on any atom is -0.385 e. The molecule has 1 aromatic heterocycles. The van der Waals surface area contributed by atoms with Gasteiger partial charge in [0.15, 0.2) is 0 Å². The highest BCUT2D eigenvalue weighted by Gasteiger charge is 2.10. The van der Waals surface area contributed by atoms with Gasteiger partial charge in [0, 0.05) is 37.4 Å². The van der Waals surface area contributed by atoms with Gasteiger partial charge in [-0.15, -0.1) is 11.3 Å². The van der Waals surface area contributed by atoms with Crippen LogP contribution in [0.5, 0.6) is 0 Å². The van der Waals surface area contributed by atoms with Gasteiger partial charge < -0.3 is 15.8 Å². The maximum absolute atomic E-state index is 6.01. The van der Waals surface area contributed by atoms with Crippen LogP contribution in [0.4, 0.5) is 0 Å². The number of nitrogens with one attached hydrogen (secondary N) is 1. The van der Waals surface area contributed by atoms with Gasteiger partial charge in [0.2, 0.25) is 0 Å². The molecule has 0 bridgehead atoms. The molecule has 0 aliphatic rings. The van der Waals surface area contributed by atoms with Crippen molar-refractivity contribution < 1.29 is 4.74 Å². The number of hydrogen-bond donors (Lipinski definition) is 2. The van der Waals surface area contributed by atoms with Crippen molar-refractivity contribution >= 4 is 11.3 Å². The molecular formula is C12H23N3OS. The van der Waals surface area contributed by atoms with Crippen LogP contribution in [0.15, 0.2) is 6.20 Å². The summed E-state index contributed by atoms with van der Waals surface area (Å²) >= 11 is 1.73. The Morgan fingerprint density at radius 3 is 2.94 bits per heavy atom. The predicted molar refractivity (Wildman–Crippen MR) is 72.4 cm³/mol. The zero-order valence-corrected chi connectivity index (χ0v) is 11.7. The molecule has 1 aromatic rings. The molecule has 2 atom stereocenters. The molecule has 0 spiro atoms. The molecule has 0 saturated carbocycles. The Bertz CT molecular complexity index is 316. The standard InChI is InChI=1S/C12H23N3OS/c1-9-7-15-12(17-9)10(2)14-8-11(13)5-4-6-16-3/h7,10-11,14H,4-6,8,13H2,1-3H3. The van der Waals surface area contributed by atoms with E-state index >= 15 is 0 Å². The van der Waals surface area contributed by atoms with Gasteiger partial charge in [-0.3, -0.25) is 0 Å². The van der Waals surface area contributed by atoms with Gasteiger partial charge in [0.05, 0.1) is 6.04 Å². The Morgan fingerprint density at radius 1 is 1.59 bits per heavy atom. The molecule has 98 valence electrons. The molecule has 0 radical (unpaired) electrons. The molecule has 17 heavy (non-hydrogen) atoms. The number of rotatable bonds is 8. The van der Waals surface area contributed by atoms with Crippen LogP contribution in [0.25, 0.3) is 0 Å². The molecule has 0 amide bonds. The van der Waals surface area contributed by atoms with Crippen molar-refractivity contribution in [2.45, 2.75) is 38.8 Å². The van der Waals surface area contributed by atoms with Gasteiger partial charge in [0.25, 0.3) is 0 Å². The molecule has 1 heterocycles. The third-order valence-electron chi connectivity index (χ3n) is 2.62. The van der Waals surface area contributed by atoms with Crippen LogP contribution in [0.1, 0.15) is 35.7 Å². The molecule has 0 aromatic carbocycles. The van der Waals surface area contributed by atoms with E-state index in [9.17, 15) is 0 Å². The van der Waals surface area contributed by atoms with Crippen molar-refractivity contribution in [2.24, 2.45) is 5.73 Å². The first-order valence-electron chi connectivity index (χ1n) is 6.03. The normalized spacial score (nSPS) is 14.8. The first-order valence-corrected chi connectivity index (χ1v) is 6.85. The Labute approximate surface area is 108 Å². The lowest BCUT2D eigenvalue weighted by Gasteiger charge is -2.16. The molecule has 1 rings (SSSR count). The molecule has 0 aliphatic carbocycles. The third kappa shape index (κ3) is 5.59. The summed E-state index contributed by atoms with van der Waals surface area (Å²) in [4.78, 5) is 5.61. The second-order valence-electron chi connectivity index (χ2n) is 4.33. The van der Waals surface area contributed by atoms with Crippen LogP contribution < -0.4 is 11.1 Å². The molecule has 0 aliphatic heterocycles. The minimum atomic E-state index is 0.189. The van der Waals surface area contributed by atoms with Gasteiger partial charge in [-0.1, -0.05) is 0 Å². The van der Waals surface area contributed by atoms with Crippen LogP contribution in [0, 0.1) is 6.92 Å². The minimum absolute atomic E-state index is 0.189. The number of methoxy groups -OCH3 is 1. The Balaban J connectivity index is 2.21. The molecule has 2 unspecified atom stereocenters. The molecular weight excluding hydrogens is 234 g/mol. The first-order chi connectivity index (χ1) is 8.13. The van der Waals surface area contributed by atoms with E-state index in [0.717, 1.165) is 31.0 Å². The highest BCUT2D eigenvalue weighted by atomic mass is 32.1. The monoisotopic (exact) mass is 257 g/mol. The largest absolute Gasteiger partial charge is 0.385 e. The summed E-state index contributed by atoms with van der Waals surface area (Å²) < 4.78 is 5.01. The van der Waals surface area contributed by atoms with Crippen LogP contribution in [0.3, 0.4) is 0 Å². The quantitative estimate of drug-likeness (QED) is 0.698. The topological polar surface area (TPSA) is 60.2 Å². The first kappa shape index (κ1) is 14.6. The molecule has 4 nitrogen and oxygen atoms in total. The molecule has 0 saturated heterocycles. The highest BCUT2D eigenvalue weighted by Crippen LogP contribution is 2.18. The number of hydrogen-bond acceptors (Lipinski definition) is 5. The van der Waals surface area contributed by atoms with Gasteiger partial charge >= 0.3 is 0 Å². The number of ether oxygens (including phenoxy) is 1. The summed E-state index contributed by atoms with van der Waals surface area (Å²) in [5.74, 6) is 0. The van der Waals surface area contributed by atoms with E-state index in [2.05, 4.69) is 24.1 Å². The van der Waals surface area contributed by atoms with E-state index in [4.69, 9.17) is 10.5 Å². The number of aryl methyl sites for hydroxylation is 1. The zero-order chi connectivity index (χ0) is 12.7. The average Bonchev–Trinajstić information content (AvgIpc) is 2.73. The molecule has 5 heteroatoms. The summed E-state index contributed by atoms with van der Waals surface area (Å²) in [6.45, 7) is 5.81. The third-order valence-corrected chi connectivity index (χ3v) is 3.71. The van der Waals surface area contributed by atoms with E-state index in [-0.39, 0.29) is 12.1 Å². The van der Waals surface area contributed by atoms with Crippen molar-refractivity contribution in [1.29, 1.82) is 0 Å². The summed E-state index contributed by atoms with van der Waals surface area (Å²) in [5, 5.41) is 4.55. The van der Waals surface area contributed by atoms with Crippen molar-refractivity contribution in [3.63, 3.8) is 0 Å². The summed E-state index contributed by atoms with van der Waals surface area (Å²) in [6, 6.07) is 0.468. The van der Waals surface area contributed by atoms with Crippen LogP contribution in [-0.4, -0.2) is 31.3 Å². The average molecular weight is 257 g/mol. The lowest BCUT2D eigenvalue weighted by Crippen LogP contribution is -2.35. The fourth-order valence-electron chi connectivity index (χ4n) is 1.58. The number of aromatic nitrogens is 1. The van der Waals surface area contributed by atoms with Gasteiger partial charge in [-0.2, -0.15) is 0 Å².